The van der Waals surface area contributed by atoms with Gasteiger partial charge in [0, 0.05) is 25.5 Å². The Morgan fingerprint density at radius 2 is 2.23 bits per heavy atom. The van der Waals surface area contributed by atoms with Gasteiger partial charge in [0.1, 0.15) is 0 Å². The van der Waals surface area contributed by atoms with Gasteiger partial charge in [0.25, 0.3) is 0 Å². The molecule has 1 aromatic rings. The van der Waals surface area contributed by atoms with Crippen molar-refractivity contribution in [3.8, 4) is 0 Å². The predicted molar refractivity (Wildman–Crippen MR) is 81.3 cm³/mol. The molecule has 2 atom stereocenters. The van der Waals surface area contributed by atoms with Crippen LogP contribution in [0.5, 0.6) is 0 Å². The number of nitrogens with zero attached hydrogens (tertiary/aromatic N) is 2. The molecule has 3 rings (SSSR count). The summed E-state index contributed by atoms with van der Waals surface area (Å²) in [6.45, 7) is 4.67. The molecule has 1 N–H and O–H groups in total. The van der Waals surface area contributed by atoms with E-state index in [0.29, 0.717) is 19.5 Å². The minimum atomic E-state index is -0.746. The van der Waals surface area contributed by atoms with Crippen molar-refractivity contribution in [1.29, 1.82) is 0 Å². The van der Waals surface area contributed by atoms with E-state index in [1.165, 1.54) is 0 Å². The van der Waals surface area contributed by atoms with E-state index in [9.17, 15) is 14.7 Å². The maximum atomic E-state index is 13.0. The molecule has 1 saturated carbocycles. The first-order chi connectivity index (χ1) is 10.4. The maximum Gasteiger partial charge on any atom is 0.311 e. The summed E-state index contributed by atoms with van der Waals surface area (Å²) in [5.41, 5.74) is -0.547. The Kier molecular flexibility index (Phi) is 3.46. The monoisotopic (exact) mass is 302 g/mol. The lowest BCUT2D eigenvalue weighted by atomic mass is 9.81. The summed E-state index contributed by atoms with van der Waals surface area (Å²) in [5, 5.41) is 9.65. The van der Waals surface area contributed by atoms with Crippen LogP contribution < -0.4 is 0 Å². The van der Waals surface area contributed by atoms with Crippen molar-refractivity contribution in [3.05, 3.63) is 30.1 Å². The lowest BCUT2D eigenvalue weighted by Gasteiger charge is -2.30. The summed E-state index contributed by atoms with van der Waals surface area (Å²) in [5.74, 6) is -0.654. The van der Waals surface area contributed by atoms with Crippen molar-refractivity contribution in [2.24, 2.45) is 11.3 Å². The van der Waals surface area contributed by atoms with Crippen LogP contribution in [-0.2, 0) is 15.0 Å². The topological polar surface area (TPSA) is 70.5 Å². The van der Waals surface area contributed by atoms with Gasteiger partial charge in [-0.2, -0.15) is 0 Å². The number of rotatable bonds is 3. The van der Waals surface area contributed by atoms with Crippen LogP contribution in [0.2, 0.25) is 0 Å². The van der Waals surface area contributed by atoms with Crippen LogP contribution in [0.4, 0.5) is 0 Å². The molecule has 1 aliphatic carbocycles. The van der Waals surface area contributed by atoms with E-state index in [-0.39, 0.29) is 11.8 Å². The zero-order valence-electron chi connectivity index (χ0n) is 13.1. The Labute approximate surface area is 130 Å². The third kappa shape index (κ3) is 2.11. The first kappa shape index (κ1) is 15.0. The summed E-state index contributed by atoms with van der Waals surface area (Å²) in [4.78, 5) is 30.6. The van der Waals surface area contributed by atoms with Gasteiger partial charge in [-0.1, -0.05) is 12.5 Å². The number of aliphatic carboxylic acids is 1. The van der Waals surface area contributed by atoms with Crippen LogP contribution in [0.15, 0.2) is 24.5 Å². The highest BCUT2D eigenvalue weighted by atomic mass is 16.4. The van der Waals surface area contributed by atoms with E-state index in [2.05, 4.69) is 4.98 Å². The maximum absolute atomic E-state index is 13.0. The van der Waals surface area contributed by atoms with Crippen molar-refractivity contribution < 1.29 is 14.7 Å². The van der Waals surface area contributed by atoms with E-state index < -0.39 is 16.8 Å². The highest BCUT2D eigenvalue weighted by Gasteiger charge is 2.56. The molecule has 5 nitrogen and oxygen atoms in total. The first-order valence-corrected chi connectivity index (χ1v) is 7.81. The molecule has 22 heavy (non-hydrogen) atoms. The molecule has 2 fully saturated rings. The smallest absolute Gasteiger partial charge is 0.311 e. The van der Waals surface area contributed by atoms with E-state index in [0.717, 1.165) is 18.4 Å². The summed E-state index contributed by atoms with van der Waals surface area (Å²) in [6.07, 6.45) is 5.93. The molecule has 1 aliphatic heterocycles. The number of fused-ring (bicyclic) bond motifs is 1. The molecule has 2 heterocycles. The molecule has 2 aliphatic rings. The SMILES string of the molecule is CC(C)(C(=O)N1C[C@@H]2CCC[C@@]2(C(=O)O)C1)c1cccnc1. The van der Waals surface area contributed by atoms with Gasteiger partial charge in [0.2, 0.25) is 5.91 Å². The molecule has 0 bridgehead atoms. The summed E-state index contributed by atoms with van der Waals surface area (Å²) in [6, 6.07) is 3.72. The van der Waals surface area contributed by atoms with Gasteiger partial charge in [-0.15, -0.1) is 0 Å². The number of likely N-dealkylation sites (tertiary alicyclic amines) is 1. The minimum Gasteiger partial charge on any atom is -0.481 e. The quantitative estimate of drug-likeness (QED) is 0.928. The fourth-order valence-corrected chi connectivity index (χ4v) is 4.04. The van der Waals surface area contributed by atoms with Gasteiger partial charge >= 0.3 is 5.97 Å². The van der Waals surface area contributed by atoms with Gasteiger partial charge in [-0.25, -0.2) is 0 Å². The Balaban J connectivity index is 1.84. The number of hydrogen-bond donors (Lipinski definition) is 1. The number of carboxylic acids is 1. The Morgan fingerprint density at radius 1 is 1.45 bits per heavy atom. The molecule has 0 radical (unpaired) electrons. The van der Waals surface area contributed by atoms with Gasteiger partial charge in [-0.3, -0.25) is 14.6 Å². The van der Waals surface area contributed by atoms with E-state index >= 15 is 0 Å². The minimum absolute atomic E-state index is 0.00414. The second kappa shape index (κ2) is 5.07. The van der Waals surface area contributed by atoms with Crippen molar-refractivity contribution in [3.63, 3.8) is 0 Å². The fraction of sp³-hybridized carbons (Fsp3) is 0.588. The number of amides is 1. The fourth-order valence-electron chi connectivity index (χ4n) is 4.04. The van der Waals surface area contributed by atoms with Crippen LogP contribution in [0.25, 0.3) is 0 Å². The summed E-state index contributed by atoms with van der Waals surface area (Å²) < 4.78 is 0. The van der Waals surface area contributed by atoms with Crippen molar-refractivity contribution in [2.45, 2.75) is 38.5 Å². The highest BCUT2D eigenvalue weighted by Crippen LogP contribution is 2.49. The van der Waals surface area contributed by atoms with Crippen LogP contribution in [0.1, 0.15) is 38.7 Å². The Bertz CT molecular complexity index is 599. The predicted octanol–water partition coefficient (Wildman–Crippen LogP) is 2.07. The Hall–Kier alpha value is -1.91. The molecule has 0 unspecified atom stereocenters. The van der Waals surface area contributed by atoms with E-state index in [4.69, 9.17) is 0 Å². The zero-order valence-corrected chi connectivity index (χ0v) is 13.1. The van der Waals surface area contributed by atoms with Crippen molar-refractivity contribution in [1.82, 2.24) is 9.88 Å². The summed E-state index contributed by atoms with van der Waals surface area (Å²) >= 11 is 0. The summed E-state index contributed by atoms with van der Waals surface area (Å²) in [7, 11) is 0. The van der Waals surface area contributed by atoms with Crippen LogP contribution >= 0.6 is 0 Å². The number of aromatic nitrogens is 1. The Morgan fingerprint density at radius 3 is 2.82 bits per heavy atom. The van der Waals surface area contributed by atoms with Gasteiger partial charge < -0.3 is 10.0 Å². The molecule has 1 amide bonds. The largest absolute Gasteiger partial charge is 0.481 e. The first-order valence-electron chi connectivity index (χ1n) is 7.81. The third-order valence-electron chi connectivity index (χ3n) is 5.50. The van der Waals surface area contributed by atoms with Gasteiger partial charge in [0.05, 0.1) is 10.8 Å². The normalized spacial score (nSPS) is 27.7. The van der Waals surface area contributed by atoms with E-state index in [1.807, 2.05) is 26.0 Å². The molecule has 118 valence electrons. The molecular formula is C17H22N2O3. The molecule has 1 aromatic heterocycles. The van der Waals surface area contributed by atoms with Gasteiger partial charge in [0.15, 0.2) is 0 Å². The van der Waals surface area contributed by atoms with Crippen LogP contribution in [0.3, 0.4) is 0 Å². The van der Waals surface area contributed by atoms with Crippen LogP contribution in [0, 0.1) is 11.3 Å². The number of carboxylic acid groups (broad SMARTS) is 1. The van der Waals surface area contributed by atoms with Crippen molar-refractivity contribution >= 4 is 11.9 Å². The zero-order chi connectivity index (χ0) is 16.0. The molecule has 0 aromatic carbocycles. The lowest BCUT2D eigenvalue weighted by Crippen LogP contribution is -2.44. The average Bonchev–Trinajstić information content (AvgIpc) is 3.05. The molecular weight excluding hydrogens is 280 g/mol. The number of carbonyl (C=O) groups excluding carboxylic acids is 1. The molecule has 5 heteroatoms. The van der Waals surface area contributed by atoms with Crippen molar-refractivity contribution in [2.75, 3.05) is 13.1 Å². The third-order valence-corrected chi connectivity index (χ3v) is 5.50. The van der Waals surface area contributed by atoms with Gasteiger partial charge in [-0.05, 0) is 44.2 Å². The second-order valence-corrected chi connectivity index (χ2v) is 7.10. The number of hydrogen-bond acceptors (Lipinski definition) is 3. The number of carbonyl (C=O) groups is 2. The highest BCUT2D eigenvalue weighted by molar-refractivity contribution is 5.89. The standard InChI is InChI=1S/C17H22N2O3/c1-16(2,12-6-4-8-18-9-12)14(20)19-10-13-5-3-7-17(13,11-19)15(21)22/h4,6,8-9,13H,3,5,7,10-11H2,1-2H3,(H,21,22)/t13-,17+/m0/s1. The average molecular weight is 302 g/mol. The second-order valence-electron chi connectivity index (χ2n) is 7.10. The van der Waals surface area contributed by atoms with Crippen LogP contribution in [-0.4, -0.2) is 40.0 Å². The number of pyridine rings is 1. The van der Waals surface area contributed by atoms with E-state index in [1.54, 1.807) is 17.3 Å². The molecule has 0 spiro atoms. The lowest BCUT2D eigenvalue weighted by molar-refractivity contribution is -0.149. The molecule has 1 saturated heterocycles.